The Kier molecular flexibility index (Phi) is 10.9. The first-order valence-electron chi connectivity index (χ1n) is 11.6. The summed E-state index contributed by atoms with van der Waals surface area (Å²) in [5, 5.41) is 3.85. The van der Waals surface area contributed by atoms with Crippen LogP contribution in [0.3, 0.4) is 0 Å². The first kappa shape index (κ1) is 27.7. The molecule has 2 bridgehead atoms. The van der Waals surface area contributed by atoms with Gasteiger partial charge < -0.3 is 10.1 Å². The van der Waals surface area contributed by atoms with Gasteiger partial charge in [0, 0.05) is 43.2 Å². The van der Waals surface area contributed by atoms with Gasteiger partial charge in [0.2, 0.25) is 5.91 Å². The number of ether oxygens (including phenoxy) is 1. The van der Waals surface area contributed by atoms with Crippen LogP contribution in [0.15, 0.2) is 23.8 Å². The third-order valence-corrected chi connectivity index (χ3v) is 7.68. The maximum Gasteiger partial charge on any atom is 0.335 e. The fraction of sp³-hybridized carbons (Fsp3) is 0.583. The molecule has 1 saturated heterocycles. The second kappa shape index (κ2) is 13.4. The minimum absolute atomic E-state index is 0.0102. The standard InChI is InChI=1S/C24H33Cl2N3O3S2/c1-32-24(31)23-18(16-3-5-19(25)20(26)13-16)14-17-4-6-21(23)29(17)9-2-8-28(10-12-34)15-22(30)27-7-11-33/h3,5,13,17,21,33-34H,2,4,6-12,14-15H2,1H3,(H,27,30)/t17?,21-/m1/s1. The first-order valence-corrected chi connectivity index (χ1v) is 13.6. The predicted octanol–water partition coefficient (Wildman–Crippen LogP) is 3.82. The van der Waals surface area contributed by atoms with Gasteiger partial charge in [0.1, 0.15) is 0 Å². The molecule has 2 heterocycles. The summed E-state index contributed by atoms with van der Waals surface area (Å²) >= 11 is 20.9. The average molecular weight is 547 g/mol. The van der Waals surface area contributed by atoms with E-state index in [1.807, 2.05) is 12.1 Å². The van der Waals surface area contributed by atoms with Crippen LogP contribution in [0.1, 0.15) is 31.2 Å². The van der Waals surface area contributed by atoms with E-state index in [1.54, 1.807) is 6.07 Å². The maximum absolute atomic E-state index is 12.9. The monoisotopic (exact) mass is 545 g/mol. The average Bonchev–Trinajstić information content (AvgIpc) is 3.09. The summed E-state index contributed by atoms with van der Waals surface area (Å²) in [6.07, 6.45) is 3.62. The molecule has 1 aromatic rings. The number of methoxy groups -OCH3 is 1. The Hall–Kier alpha value is -0.900. The van der Waals surface area contributed by atoms with Crippen LogP contribution < -0.4 is 5.32 Å². The highest BCUT2D eigenvalue weighted by atomic mass is 35.5. The molecule has 2 aliphatic heterocycles. The molecule has 10 heteroatoms. The molecule has 1 aromatic carbocycles. The molecule has 1 fully saturated rings. The molecule has 1 amide bonds. The number of nitrogens with zero attached hydrogens (tertiary/aromatic N) is 2. The molecule has 3 rings (SSSR count). The van der Waals surface area contributed by atoms with E-state index in [-0.39, 0.29) is 17.9 Å². The summed E-state index contributed by atoms with van der Waals surface area (Å²) < 4.78 is 5.20. The van der Waals surface area contributed by atoms with Gasteiger partial charge in [-0.15, -0.1) is 0 Å². The number of carbonyl (C=O) groups excluding carboxylic acids is 2. The predicted molar refractivity (Wildman–Crippen MR) is 145 cm³/mol. The molecular weight excluding hydrogens is 513 g/mol. The number of esters is 1. The summed E-state index contributed by atoms with van der Waals surface area (Å²) in [7, 11) is 1.43. The summed E-state index contributed by atoms with van der Waals surface area (Å²) in [6.45, 7) is 3.32. The van der Waals surface area contributed by atoms with Crippen LogP contribution in [-0.2, 0) is 14.3 Å². The van der Waals surface area contributed by atoms with Crippen molar-refractivity contribution in [1.29, 1.82) is 0 Å². The summed E-state index contributed by atoms with van der Waals surface area (Å²) in [4.78, 5) is 29.6. The SMILES string of the molecule is COC(=O)C1=C(c2ccc(Cl)c(Cl)c2)CC2CC[C@H]1N2CCCN(CCS)CC(=O)NCCS. The van der Waals surface area contributed by atoms with Crippen molar-refractivity contribution in [3.63, 3.8) is 0 Å². The van der Waals surface area contributed by atoms with Crippen LogP contribution in [0, 0.1) is 0 Å². The van der Waals surface area contributed by atoms with E-state index in [4.69, 9.17) is 27.9 Å². The van der Waals surface area contributed by atoms with Gasteiger partial charge in [-0.3, -0.25) is 14.6 Å². The third-order valence-electron chi connectivity index (χ3n) is 6.52. The van der Waals surface area contributed by atoms with Gasteiger partial charge >= 0.3 is 5.97 Å². The zero-order valence-corrected chi connectivity index (χ0v) is 22.7. The number of hydrogen-bond acceptors (Lipinski definition) is 7. The van der Waals surface area contributed by atoms with E-state index >= 15 is 0 Å². The fourth-order valence-corrected chi connectivity index (χ4v) is 5.71. The van der Waals surface area contributed by atoms with Gasteiger partial charge in [0.15, 0.2) is 0 Å². The number of carbonyl (C=O) groups is 2. The molecule has 0 radical (unpaired) electrons. The van der Waals surface area contributed by atoms with E-state index in [1.165, 1.54) is 7.11 Å². The second-order valence-corrected chi connectivity index (χ2v) is 10.3. The second-order valence-electron chi connectivity index (χ2n) is 8.63. The van der Waals surface area contributed by atoms with E-state index in [0.717, 1.165) is 62.0 Å². The smallest absolute Gasteiger partial charge is 0.335 e. The lowest BCUT2D eigenvalue weighted by atomic mass is 9.88. The minimum atomic E-state index is -0.283. The quantitative estimate of drug-likeness (QED) is 0.275. The number of hydrogen-bond donors (Lipinski definition) is 3. The van der Waals surface area contributed by atoms with E-state index in [0.29, 0.717) is 40.7 Å². The van der Waals surface area contributed by atoms with E-state index in [9.17, 15) is 9.59 Å². The lowest BCUT2D eigenvalue weighted by molar-refractivity contribution is -0.137. The molecular formula is C24H33Cl2N3O3S2. The van der Waals surface area contributed by atoms with Crippen molar-refractivity contribution in [2.24, 2.45) is 0 Å². The van der Waals surface area contributed by atoms with Gasteiger partial charge in [-0.2, -0.15) is 25.3 Å². The Morgan fingerprint density at radius 1 is 1.18 bits per heavy atom. The highest BCUT2D eigenvalue weighted by Crippen LogP contribution is 2.44. The van der Waals surface area contributed by atoms with Crippen molar-refractivity contribution in [1.82, 2.24) is 15.1 Å². The van der Waals surface area contributed by atoms with Gasteiger partial charge in [0.05, 0.1) is 29.3 Å². The normalized spacial score (nSPS) is 20.2. The molecule has 2 atom stereocenters. The zero-order chi connectivity index (χ0) is 24.7. The molecule has 0 saturated carbocycles. The van der Waals surface area contributed by atoms with Crippen LogP contribution in [-0.4, -0.2) is 85.1 Å². The number of rotatable bonds is 12. The summed E-state index contributed by atoms with van der Waals surface area (Å²) in [5.41, 5.74) is 2.67. The van der Waals surface area contributed by atoms with Crippen molar-refractivity contribution in [3.8, 4) is 0 Å². The van der Waals surface area contributed by atoms with Crippen molar-refractivity contribution >= 4 is 65.9 Å². The zero-order valence-electron chi connectivity index (χ0n) is 19.4. The number of benzene rings is 1. The molecule has 2 aliphatic rings. The van der Waals surface area contributed by atoms with Gasteiger partial charge in [-0.1, -0.05) is 29.3 Å². The Bertz CT molecular complexity index is 915. The lowest BCUT2D eigenvalue weighted by Gasteiger charge is -2.37. The maximum atomic E-state index is 12.9. The van der Waals surface area contributed by atoms with Crippen molar-refractivity contribution in [2.75, 3.05) is 51.3 Å². The highest BCUT2D eigenvalue weighted by Gasteiger charge is 2.44. The Morgan fingerprint density at radius 2 is 1.97 bits per heavy atom. The van der Waals surface area contributed by atoms with Gasteiger partial charge in [-0.05, 0) is 55.5 Å². The Morgan fingerprint density at radius 3 is 2.65 bits per heavy atom. The van der Waals surface area contributed by atoms with Crippen LogP contribution in [0.4, 0.5) is 0 Å². The lowest BCUT2D eigenvalue weighted by Crippen LogP contribution is -2.45. The van der Waals surface area contributed by atoms with Crippen LogP contribution in [0.2, 0.25) is 10.0 Å². The molecule has 6 nitrogen and oxygen atoms in total. The Balaban J connectivity index is 1.71. The number of nitrogens with one attached hydrogen (secondary N) is 1. The van der Waals surface area contributed by atoms with Crippen molar-refractivity contribution < 1.29 is 14.3 Å². The Labute approximate surface area is 223 Å². The molecule has 0 aromatic heterocycles. The summed E-state index contributed by atoms with van der Waals surface area (Å²) in [6, 6.07) is 5.92. The molecule has 0 spiro atoms. The number of fused-ring (bicyclic) bond motifs is 2. The first-order chi connectivity index (χ1) is 16.4. The molecule has 1 unspecified atom stereocenters. The minimum Gasteiger partial charge on any atom is -0.466 e. The van der Waals surface area contributed by atoms with Crippen LogP contribution >= 0.6 is 48.5 Å². The molecule has 34 heavy (non-hydrogen) atoms. The number of halogens is 2. The van der Waals surface area contributed by atoms with Gasteiger partial charge in [0.25, 0.3) is 0 Å². The van der Waals surface area contributed by atoms with Crippen LogP contribution in [0.5, 0.6) is 0 Å². The highest BCUT2D eigenvalue weighted by molar-refractivity contribution is 7.80. The van der Waals surface area contributed by atoms with Crippen LogP contribution in [0.25, 0.3) is 5.57 Å². The van der Waals surface area contributed by atoms with Crippen molar-refractivity contribution in [3.05, 3.63) is 39.4 Å². The largest absolute Gasteiger partial charge is 0.466 e. The van der Waals surface area contributed by atoms with E-state index < -0.39 is 0 Å². The molecule has 1 N–H and O–H groups in total. The summed E-state index contributed by atoms with van der Waals surface area (Å²) in [5.74, 6) is 1.04. The molecule has 0 aliphatic carbocycles. The number of thiol groups is 2. The van der Waals surface area contributed by atoms with Gasteiger partial charge in [-0.25, -0.2) is 4.79 Å². The van der Waals surface area contributed by atoms with Crippen molar-refractivity contribution in [2.45, 2.75) is 37.8 Å². The fourth-order valence-electron chi connectivity index (χ4n) is 5.02. The third kappa shape index (κ3) is 6.86. The molecule has 188 valence electrons. The van der Waals surface area contributed by atoms with E-state index in [2.05, 4.69) is 40.4 Å². The number of amides is 1. The topological polar surface area (TPSA) is 61.9 Å².